The summed E-state index contributed by atoms with van der Waals surface area (Å²) in [5, 5.41) is 0. The van der Waals surface area contributed by atoms with Gasteiger partial charge in [-0.25, -0.2) is 0 Å². The van der Waals surface area contributed by atoms with Crippen LogP contribution in [0.5, 0.6) is 0 Å². The highest BCUT2D eigenvalue weighted by atomic mass is 14.2. The summed E-state index contributed by atoms with van der Waals surface area (Å²) in [6, 6.07) is 6.81. The third-order valence-electron chi connectivity index (χ3n) is 2.75. The highest BCUT2D eigenvalue weighted by Crippen LogP contribution is 2.35. The zero-order chi connectivity index (χ0) is 12.3. The van der Waals surface area contributed by atoms with Crippen LogP contribution in [0.2, 0.25) is 0 Å². The molecule has 0 bridgehead atoms. The number of aryl methyl sites for hydroxylation is 2. The van der Waals surface area contributed by atoms with Gasteiger partial charge in [-0.1, -0.05) is 63.1 Å². The number of benzene rings is 1. The predicted molar refractivity (Wildman–Crippen MR) is 73.6 cm³/mol. The molecular formula is C16H24. The van der Waals surface area contributed by atoms with E-state index >= 15 is 0 Å². The number of allylic oxidation sites excluding steroid dienone is 2. The van der Waals surface area contributed by atoms with Crippen LogP contribution in [-0.2, 0) is 0 Å². The molecule has 0 aliphatic carbocycles. The van der Waals surface area contributed by atoms with Gasteiger partial charge >= 0.3 is 0 Å². The van der Waals surface area contributed by atoms with Gasteiger partial charge in [0.15, 0.2) is 0 Å². The van der Waals surface area contributed by atoms with Gasteiger partial charge in [0.2, 0.25) is 0 Å². The Morgan fingerprint density at radius 1 is 1.06 bits per heavy atom. The fourth-order valence-electron chi connectivity index (χ4n) is 2.19. The van der Waals surface area contributed by atoms with Gasteiger partial charge < -0.3 is 0 Å². The molecule has 0 saturated carbocycles. The first-order valence-electron chi connectivity index (χ1n) is 6.14. The molecule has 0 aromatic heterocycles. The van der Waals surface area contributed by atoms with Crippen molar-refractivity contribution >= 4 is 5.57 Å². The van der Waals surface area contributed by atoms with Crippen molar-refractivity contribution in [2.24, 2.45) is 5.41 Å². The topological polar surface area (TPSA) is 0 Å². The Morgan fingerprint density at radius 3 is 1.94 bits per heavy atom. The molecule has 0 fully saturated rings. The van der Waals surface area contributed by atoms with Crippen LogP contribution in [-0.4, -0.2) is 0 Å². The van der Waals surface area contributed by atoms with Gasteiger partial charge in [-0.15, -0.1) is 0 Å². The first-order chi connectivity index (χ1) is 7.34. The molecule has 1 rings (SSSR count). The van der Waals surface area contributed by atoms with Crippen LogP contribution in [0.15, 0.2) is 24.3 Å². The zero-order valence-electron chi connectivity index (χ0n) is 11.5. The van der Waals surface area contributed by atoms with Crippen molar-refractivity contribution in [3.63, 3.8) is 0 Å². The van der Waals surface area contributed by atoms with Crippen molar-refractivity contribution in [2.45, 2.75) is 48.0 Å². The smallest absolute Gasteiger partial charge is 0.0129 e. The van der Waals surface area contributed by atoms with E-state index in [0.717, 1.165) is 6.42 Å². The van der Waals surface area contributed by atoms with Crippen molar-refractivity contribution in [1.82, 2.24) is 0 Å². The second-order valence-corrected chi connectivity index (χ2v) is 5.65. The van der Waals surface area contributed by atoms with Crippen LogP contribution in [0, 0.1) is 19.3 Å². The monoisotopic (exact) mass is 216 g/mol. The molecule has 0 saturated heterocycles. The van der Waals surface area contributed by atoms with Crippen molar-refractivity contribution < 1.29 is 0 Å². The van der Waals surface area contributed by atoms with Crippen LogP contribution in [0.25, 0.3) is 5.57 Å². The van der Waals surface area contributed by atoms with Gasteiger partial charge in [-0.05, 0) is 36.8 Å². The van der Waals surface area contributed by atoms with Gasteiger partial charge in [-0.2, -0.15) is 0 Å². The van der Waals surface area contributed by atoms with Gasteiger partial charge in [0.25, 0.3) is 0 Å². The lowest BCUT2D eigenvalue weighted by Crippen LogP contribution is -2.08. The largest absolute Gasteiger partial charge is 0.0805 e. The van der Waals surface area contributed by atoms with Gasteiger partial charge in [0.05, 0.1) is 0 Å². The lowest BCUT2D eigenvalue weighted by molar-refractivity contribution is 0.565. The predicted octanol–water partition coefficient (Wildman–Crippen LogP) is 5.14. The number of hydrogen-bond acceptors (Lipinski definition) is 0. The van der Waals surface area contributed by atoms with E-state index in [0.29, 0.717) is 0 Å². The average molecular weight is 216 g/mol. The first-order valence-corrected chi connectivity index (χ1v) is 6.14. The van der Waals surface area contributed by atoms with Crippen LogP contribution in [0.4, 0.5) is 0 Å². The highest BCUT2D eigenvalue weighted by Gasteiger charge is 2.18. The SMILES string of the molecule is CC/C=C(/c1cc(C)cc(C)c1)C(C)(C)C. The Labute approximate surface area is 100 Å². The van der Waals surface area contributed by atoms with E-state index < -0.39 is 0 Å². The molecule has 0 aliphatic rings. The molecule has 0 heterocycles. The van der Waals surface area contributed by atoms with E-state index in [2.05, 4.69) is 65.8 Å². The maximum atomic E-state index is 2.36. The Bertz CT molecular complexity index is 369. The van der Waals surface area contributed by atoms with E-state index in [9.17, 15) is 0 Å². The van der Waals surface area contributed by atoms with E-state index in [1.54, 1.807) is 0 Å². The zero-order valence-corrected chi connectivity index (χ0v) is 11.5. The summed E-state index contributed by atoms with van der Waals surface area (Å²) >= 11 is 0. The maximum absolute atomic E-state index is 2.36. The minimum atomic E-state index is 0.218. The van der Waals surface area contributed by atoms with E-state index in [-0.39, 0.29) is 5.41 Å². The molecule has 1 aromatic rings. The summed E-state index contributed by atoms with van der Waals surface area (Å²) in [5.74, 6) is 0. The summed E-state index contributed by atoms with van der Waals surface area (Å²) in [5.41, 5.74) is 5.76. The summed E-state index contributed by atoms with van der Waals surface area (Å²) in [4.78, 5) is 0. The van der Waals surface area contributed by atoms with E-state index in [1.807, 2.05) is 0 Å². The molecule has 88 valence electrons. The van der Waals surface area contributed by atoms with E-state index in [4.69, 9.17) is 0 Å². The lowest BCUT2D eigenvalue weighted by Gasteiger charge is -2.24. The molecule has 0 radical (unpaired) electrons. The molecule has 0 atom stereocenters. The molecule has 0 heteroatoms. The maximum Gasteiger partial charge on any atom is -0.0129 e. The van der Waals surface area contributed by atoms with Crippen molar-refractivity contribution in [3.05, 3.63) is 41.0 Å². The summed E-state index contributed by atoms with van der Waals surface area (Å²) in [6.45, 7) is 13.4. The summed E-state index contributed by atoms with van der Waals surface area (Å²) < 4.78 is 0. The van der Waals surface area contributed by atoms with Crippen LogP contribution >= 0.6 is 0 Å². The van der Waals surface area contributed by atoms with E-state index in [1.165, 1.54) is 22.3 Å². The van der Waals surface area contributed by atoms with Crippen molar-refractivity contribution in [3.8, 4) is 0 Å². The minimum absolute atomic E-state index is 0.218. The van der Waals surface area contributed by atoms with Crippen LogP contribution in [0.1, 0.15) is 50.8 Å². The molecule has 0 amide bonds. The third-order valence-corrected chi connectivity index (χ3v) is 2.75. The second kappa shape index (κ2) is 4.86. The Kier molecular flexibility index (Phi) is 3.96. The molecule has 0 spiro atoms. The molecular weight excluding hydrogens is 192 g/mol. The Morgan fingerprint density at radius 2 is 1.56 bits per heavy atom. The average Bonchev–Trinajstić information content (AvgIpc) is 2.10. The second-order valence-electron chi connectivity index (χ2n) is 5.65. The fourth-order valence-corrected chi connectivity index (χ4v) is 2.19. The molecule has 0 nitrogen and oxygen atoms in total. The quantitative estimate of drug-likeness (QED) is 0.642. The Balaban J connectivity index is 3.27. The summed E-state index contributed by atoms with van der Waals surface area (Å²) in [6.07, 6.45) is 3.45. The molecule has 0 N–H and O–H groups in total. The van der Waals surface area contributed by atoms with Gasteiger partial charge in [-0.3, -0.25) is 0 Å². The molecule has 16 heavy (non-hydrogen) atoms. The fraction of sp³-hybridized carbons (Fsp3) is 0.500. The lowest BCUT2D eigenvalue weighted by atomic mass is 9.81. The van der Waals surface area contributed by atoms with Crippen molar-refractivity contribution in [2.75, 3.05) is 0 Å². The van der Waals surface area contributed by atoms with Gasteiger partial charge in [0, 0.05) is 0 Å². The van der Waals surface area contributed by atoms with Gasteiger partial charge in [0.1, 0.15) is 0 Å². The first kappa shape index (κ1) is 13.0. The molecule has 1 aromatic carbocycles. The minimum Gasteiger partial charge on any atom is -0.0805 e. The number of hydrogen-bond donors (Lipinski definition) is 0. The molecule has 0 unspecified atom stereocenters. The normalized spacial score (nSPS) is 13.0. The summed E-state index contributed by atoms with van der Waals surface area (Å²) in [7, 11) is 0. The third kappa shape index (κ3) is 3.23. The van der Waals surface area contributed by atoms with Crippen molar-refractivity contribution in [1.29, 1.82) is 0 Å². The van der Waals surface area contributed by atoms with Crippen LogP contribution < -0.4 is 0 Å². The highest BCUT2D eigenvalue weighted by molar-refractivity contribution is 5.70. The Hall–Kier alpha value is -1.04. The molecule has 0 aliphatic heterocycles. The standard InChI is InChI=1S/C16H24/c1-7-8-15(16(4,5)6)14-10-12(2)9-13(3)11-14/h8-11H,7H2,1-6H3/b15-8-. The number of rotatable bonds is 2. The van der Waals surface area contributed by atoms with Crippen LogP contribution in [0.3, 0.4) is 0 Å².